The van der Waals surface area contributed by atoms with Crippen molar-refractivity contribution in [3.05, 3.63) is 35.4 Å². The van der Waals surface area contributed by atoms with Gasteiger partial charge >= 0.3 is 6.09 Å². The predicted molar refractivity (Wildman–Crippen MR) is 82.5 cm³/mol. The Bertz CT molecular complexity index is 559. The topological polar surface area (TPSA) is 58.6 Å². The number of hydrogen-bond donors (Lipinski definition) is 1. The number of amides is 2. The molecule has 1 aromatic rings. The summed E-state index contributed by atoms with van der Waals surface area (Å²) in [5.41, 5.74) is 2.65. The van der Waals surface area contributed by atoms with Gasteiger partial charge in [-0.05, 0) is 36.8 Å². The molecule has 1 aromatic carbocycles. The largest absolute Gasteiger partial charge is 0.449 e. The van der Waals surface area contributed by atoms with Crippen LogP contribution in [0, 0.1) is 5.92 Å². The van der Waals surface area contributed by atoms with Gasteiger partial charge in [0.1, 0.15) is 0 Å². The molecule has 1 N–H and O–H groups in total. The van der Waals surface area contributed by atoms with Gasteiger partial charge in [0.05, 0.1) is 6.61 Å². The van der Waals surface area contributed by atoms with Gasteiger partial charge in [0.15, 0.2) is 0 Å². The van der Waals surface area contributed by atoms with Crippen LogP contribution in [-0.4, -0.2) is 43.1 Å². The van der Waals surface area contributed by atoms with Crippen molar-refractivity contribution in [2.45, 2.75) is 25.7 Å². The quantitative estimate of drug-likeness (QED) is 0.922. The summed E-state index contributed by atoms with van der Waals surface area (Å²) in [5, 5.41) is 2.96. The molecule has 0 aromatic heterocycles. The van der Waals surface area contributed by atoms with E-state index in [2.05, 4.69) is 23.5 Å². The van der Waals surface area contributed by atoms with E-state index in [0.717, 1.165) is 25.7 Å². The molecule has 5 nitrogen and oxygen atoms in total. The third-order valence-electron chi connectivity index (χ3n) is 4.45. The van der Waals surface area contributed by atoms with Crippen LogP contribution in [0.3, 0.4) is 0 Å². The average molecular weight is 302 g/mol. The molecule has 1 fully saturated rings. The van der Waals surface area contributed by atoms with Crippen LogP contribution < -0.4 is 5.32 Å². The molecule has 1 unspecified atom stereocenters. The minimum atomic E-state index is -0.271. The van der Waals surface area contributed by atoms with Gasteiger partial charge in [-0.3, -0.25) is 4.79 Å². The summed E-state index contributed by atoms with van der Waals surface area (Å²) in [5.74, 6) is 0.142. The summed E-state index contributed by atoms with van der Waals surface area (Å²) in [4.78, 5) is 25.4. The molecule has 0 saturated carbocycles. The van der Waals surface area contributed by atoms with Crippen LogP contribution in [0.15, 0.2) is 24.3 Å². The molecule has 0 radical (unpaired) electrons. The first-order valence-electron chi connectivity index (χ1n) is 8.00. The molecule has 0 spiro atoms. The van der Waals surface area contributed by atoms with Crippen molar-refractivity contribution in [2.75, 3.05) is 26.2 Å². The first-order valence-corrected chi connectivity index (χ1v) is 8.00. The summed E-state index contributed by atoms with van der Waals surface area (Å²) < 4.78 is 4.98. The van der Waals surface area contributed by atoms with Crippen molar-refractivity contribution >= 4 is 12.0 Å². The number of nitrogens with one attached hydrogen (secondary N) is 1. The predicted octanol–water partition coefficient (Wildman–Crippen LogP) is 1.75. The Morgan fingerprint density at radius 1 is 1.32 bits per heavy atom. The fourth-order valence-electron chi connectivity index (χ4n) is 3.18. The fraction of sp³-hybridized carbons (Fsp3) is 0.529. The van der Waals surface area contributed by atoms with Crippen LogP contribution >= 0.6 is 0 Å². The standard InChI is InChI=1S/C17H22N2O3/c20-16(18-8-10-19-9-3-11-22-17(19)21)15-7-6-13-4-1-2-5-14(13)12-15/h1-2,4-5,15H,3,6-12H2,(H,18,20). The Labute approximate surface area is 130 Å². The van der Waals surface area contributed by atoms with E-state index < -0.39 is 0 Å². The minimum absolute atomic E-state index is 0.0446. The van der Waals surface area contributed by atoms with Gasteiger partial charge in [-0.15, -0.1) is 0 Å². The van der Waals surface area contributed by atoms with Crippen LogP contribution in [0.2, 0.25) is 0 Å². The number of carbonyl (C=O) groups is 2. The Balaban J connectivity index is 1.46. The molecule has 0 bridgehead atoms. The number of carbonyl (C=O) groups excluding carboxylic acids is 2. The molecule has 22 heavy (non-hydrogen) atoms. The zero-order valence-electron chi connectivity index (χ0n) is 12.7. The Morgan fingerprint density at radius 2 is 2.14 bits per heavy atom. The maximum Gasteiger partial charge on any atom is 0.409 e. The van der Waals surface area contributed by atoms with Crippen LogP contribution in [0.5, 0.6) is 0 Å². The lowest BCUT2D eigenvalue weighted by Gasteiger charge is -2.27. The summed E-state index contributed by atoms with van der Waals surface area (Å²) in [6.45, 7) is 2.23. The zero-order valence-corrected chi connectivity index (χ0v) is 12.7. The normalized spacial score (nSPS) is 21.0. The van der Waals surface area contributed by atoms with E-state index in [1.165, 1.54) is 11.1 Å². The molecule has 118 valence electrons. The molecular formula is C17H22N2O3. The maximum atomic E-state index is 12.3. The van der Waals surface area contributed by atoms with E-state index in [1.807, 2.05) is 6.07 Å². The molecule has 1 aliphatic carbocycles. The number of cyclic esters (lactones) is 1. The molecular weight excluding hydrogens is 280 g/mol. The molecule has 2 amide bonds. The number of hydrogen-bond acceptors (Lipinski definition) is 3. The van der Waals surface area contributed by atoms with Crippen molar-refractivity contribution in [1.29, 1.82) is 0 Å². The molecule has 1 saturated heterocycles. The highest BCUT2D eigenvalue weighted by molar-refractivity contribution is 5.79. The van der Waals surface area contributed by atoms with Gasteiger partial charge in [0.2, 0.25) is 5.91 Å². The van der Waals surface area contributed by atoms with Gasteiger partial charge in [-0.1, -0.05) is 24.3 Å². The van der Waals surface area contributed by atoms with E-state index in [-0.39, 0.29) is 17.9 Å². The summed E-state index contributed by atoms with van der Waals surface area (Å²) in [7, 11) is 0. The highest BCUT2D eigenvalue weighted by Gasteiger charge is 2.25. The molecule has 2 aliphatic rings. The van der Waals surface area contributed by atoms with Crippen molar-refractivity contribution < 1.29 is 14.3 Å². The summed E-state index contributed by atoms with van der Waals surface area (Å²) in [6.07, 6.45) is 3.26. The molecule has 1 aliphatic heterocycles. The Kier molecular flexibility index (Phi) is 4.61. The average Bonchev–Trinajstić information content (AvgIpc) is 2.56. The molecule has 1 atom stereocenters. The lowest BCUT2D eigenvalue weighted by atomic mass is 9.83. The van der Waals surface area contributed by atoms with E-state index in [4.69, 9.17) is 4.74 Å². The Morgan fingerprint density at radius 3 is 2.95 bits per heavy atom. The van der Waals surface area contributed by atoms with Gasteiger partial charge in [0, 0.05) is 25.6 Å². The second-order valence-corrected chi connectivity index (χ2v) is 5.95. The minimum Gasteiger partial charge on any atom is -0.449 e. The van der Waals surface area contributed by atoms with Crippen LogP contribution in [0.1, 0.15) is 24.0 Å². The third kappa shape index (κ3) is 3.40. The number of rotatable bonds is 4. The first-order chi connectivity index (χ1) is 10.7. The van der Waals surface area contributed by atoms with Gasteiger partial charge in [-0.25, -0.2) is 4.79 Å². The lowest BCUT2D eigenvalue weighted by molar-refractivity contribution is -0.125. The zero-order chi connectivity index (χ0) is 15.4. The highest BCUT2D eigenvalue weighted by atomic mass is 16.6. The first kappa shape index (κ1) is 14.9. The molecule has 1 heterocycles. The number of fused-ring (bicyclic) bond motifs is 1. The fourth-order valence-corrected chi connectivity index (χ4v) is 3.18. The van der Waals surface area contributed by atoms with E-state index >= 15 is 0 Å². The van der Waals surface area contributed by atoms with Crippen molar-refractivity contribution in [3.8, 4) is 0 Å². The van der Waals surface area contributed by atoms with E-state index in [9.17, 15) is 9.59 Å². The van der Waals surface area contributed by atoms with Gasteiger partial charge in [0.25, 0.3) is 0 Å². The third-order valence-corrected chi connectivity index (χ3v) is 4.45. The maximum absolute atomic E-state index is 12.3. The second-order valence-electron chi connectivity index (χ2n) is 5.95. The van der Waals surface area contributed by atoms with Crippen LogP contribution in [0.25, 0.3) is 0 Å². The summed E-state index contributed by atoms with van der Waals surface area (Å²) in [6, 6.07) is 8.34. The molecule has 5 heteroatoms. The van der Waals surface area contributed by atoms with Gasteiger partial charge in [-0.2, -0.15) is 0 Å². The summed E-state index contributed by atoms with van der Waals surface area (Å²) >= 11 is 0. The van der Waals surface area contributed by atoms with E-state index in [0.29, 0.717) is 26.2 Å². The number of ether oxygens (including phenoxy) is 1. The number of benzene rings is 1. The monoisotopic (exact) mass is 302 g/mol. The second kappa shape index (κ2) is 6.81. The van der Waals surface area contributed by atoms with Crippen molar-refractivity contribution in [3.63, 3.8) is 0 Å². The van der Waals surface area contributed by atoms with Gasteiger partial charge < -0.3 is 15.0 Å². The Hall–Kier alpha value is -2.04. The lowest BCUT2D eigenvalue weighted by Crippen LogP contribution is -2.43. The SMILES string of the molecule is O=C(NCCN1CCCOC1=O)C1CCc2ccccc2C1. The smallest absolute Gasteiger partial charge is 0.409 e. The van der Waals surface area contributed by atoms with Crippen molar-refractivity contribution in [2.24, 2.45) is 5.92 Å². The van der Waals surface area contributed by atoms with Crippen LogP contribution in [0.4, 0.5) is 4.79 Å². The highest BCUT2D eigenvalue weighted by Crippen LogP contribution is 2.25. The number of aryl methyl sites for hydroxylation is 1. The van der Waals surface area contributed by atoms with E-state index in [1.54, 1.807) is 4.90 Å². The van der Waals surface area contributed by atoms with Crippen LogP contribution in [-0.2, 0) is 22.4 Å². The number of nitrogens with zero attached hydrogens (tertiary/aromatic N) is 1. The van der Waals surface area contributed by atoms with Crippen molar-refractivity contribution in [1.82, 2.24) is 10.2 Å². The molecule has 3 rings (SSSR count).